The van der Waals surface area contributed by atoms with Gasteiger partial charge in [0.25, 0.3) is 0 Å². The third-order valence-corrected chi connectivity index (χ3v) is 4.35. The van der Waals surface area contributed by atoms with E-state index in [-0.39, 0.29) is 0 Å². The zero-order valence-corrected chi connectivity index (χ0v) is 11.3. The maximum Gasteiger partial charge on any atom is 0.222 e. The number of benzene rings is 1. The van der Waals surface area contributed by atoms with Gasteiger partial charge in [-0.15, -0.1) is 0 Å². The largest absolute Gasteiger partial charge is 0.374 e. The Morgan fingerprint density at radius 1 is 1.20 bits per heavy atom. The van der Waals surface area contributed by atoms with Crippen LogP contribution in [0.4, 0.5) is 11.8 Å². The number of aromatic nitrogens is 2. The van der Waals surface area contributed by atoms with E-state index in [1.54, 1.807) is 0 Å². The average molecular weight is 270 g/mol. The minimum absolute atomic E-state index is 0.346. The summed E-state index contributed by atoms with van der Waals surface area (Å²) < 4.78 is 5.88. The second-order valence-corrected chi connectivity index (χ2v) is 5.52. The molecular formula is C15H18N4O. The van der Waals surface area contributed by atoms with Crippen LogP contribution in [0.3, 0.4) is 0 Å². The molecule has 1 saturated carbocycles. The second kappa shape index (κ2) is 4.59. The lowest BCUT2D eigenvalue weighted by atomic mass is 10.1. The Bertz CT molecular complexity index is 645. The van der Waals surface area contributed by atoms with Gasteiger partial charge in [-0.3, -0.25) is 0 Å². The van der Waals surface area contributed by atoms with E-state index in [1.807, 2.05) is 18.2 Å². The van der Waals surface area contributed by atoms with Gasteiger partial charge in [0, 0.05) is 11.9 Å². The summed E-state index contributed by atoms with van der Waals surface area (Å²) >= 11 is 0. The number of nitrogens with two attached hydrogens (primary N) is 1. The van der Waals surface area contributed by atoms with E-state index in [0.29, 0.717) is 18.1 Å². The van der Waals surface area contributed by atoms with Crippen molar-refractivity contribution in [2.75, 3.05) is 23.8 Å². The molecule has 20 heavy (non-hydrogen) atoms. The van der Waals surface area contributed by atoms with Crippen LogP contribution in [0, 0.1) is 0 Å². The Morgan fingerprint density at radius 2 is 2.10 bits per heavy atom. The number of morpholine rings is 1. The summed E-state index contributed by atoms with van der Waals surface area (Å²) in [5.41, 5.74) is 6.80. The van der Waals surface area contributed by atoms with Gasteiger partial charge in [-0.2, -0.15) is 4.98 Å². The third-order valence-electron chi connectivity index (χ3n) is 4.35. The maximum atomic E-state index is 5.89. The fraction of sp³-hybridized carbons (Fsp3) is 0.467. The average Bonchev–Trinajstić information content (AvgIpc) is 2.94. The van der Waals surface area contributed by atoms with Crippen LogP contribution in [0.15, 0.2) is 24.3 Å². The fourth-order valence-electron chi connectivity index (χ4n) is 3.48. The van der Waals surface area contributed by atoms with Crippen molar-refractivity contribution >= 4 is 22.7 Å². The highest BCUT2D eigenvalue weighted by Crippen LogP contribution is 2.35. The number of hydrogen-bond donors (Lipinski definition) is 1. The molecule has 1 aliphatic heterocycles. The first kappa shape index (κ1) is 11.9. The molecule has 5 heteroatoms. The number of ether oxygens (including phenoxy) is 1. The Hall–Kier alpha value is -1.88. The molecule has 5 nitrogen and oxygen atoms in total. The number of para-hydroxylation sites is 1. The number of hydrogen-bond acceptors (Lipinski definition) is 5. The summed E-state index contributed by atoms with van der Waals surface area (Å²) in [6, 6.07) is 8.50. The molecule has 1 aliphatic carbocycles. The third kappa shape index (κ3) is 1.81. The zero-order valence-electron chi connectivity index (χ0n) is 11.3. The van der Waals surface area contributed by atoms with Crippen LogP contribution < -0.4 is 10.6 Å². The molecular weight excluding hydrogens is 252 g/mol. The Labute approximate surface area is 117 Å². The molecule has 4 rings (SSSR count). The summed E-state index contributed by atoms with van der Waals surface area (Å²) in [5.74, 6) is 1.31. The van der Waals surface area contributed by atoms with Crippen molar-refractivity contribution in [3.8, 4) is 0 Å². The minimum Gasteiger partial charge on any atom is -0.374 e. The Kier molecular flexibility index (Phi) is 2.73. The van der Waals surface area contributed by atoms with E-state index >= 15 is 0 Å². The van der Waals surface area contributed by atoms with Crippen molar-refractivity contribution in [2.45, 2.75) is 31.4 Å². The summed E-state index contributed by atoms with van der Waals surface area (Å²) in [6.07, 6.45) is 3.89. The molecule has 0 spiro atoms. The monoisotopic (exact) mass is 270 g/mol. The molecule has 1 saturated heterocycles. The van der Waals surface area contributed by atoms with E-state index < -0.39 is 0 Å². The van der Waals surface area contributed by atoms with Gasteiger partial charge < -0.3 is 15.4 Å². The summed E-state index contributed by atoms with van der Waals surface area (Å²) in [7, 11) is 0. The Balaban J connectivity index is 1.84. The van der Waals surface area contributed by atoms with Gasteiger partial charge in [-0.05, 0) is 31.4 Å². The normalized spacial score (nSPS) is 25.9. The fourth-order valence-corrected chi connectivity index (χ4v) is 3.48. The van der Waals surface area contributed by atoms with E-state index in [0.717, 1.165) is 36.3 Å². The first-order chi connectivity index (χ1) is 9.83. The van der Waals surface area contributed by atoms with Gasteiger partial charge in [0.15, 0.2) is 0 Å². The van der Waals surface area contributed by atoms with Crippen molar-refractivity contribution in [3.05, 3.63) is 24.3 Å². The van der Waals surface area contributed by atoms with Gasteiger partial charge in [-0.1, -0.05) is 12.1 Å². The highest BCUT2D eigenvalue weighted by atomic mass is 16.5. The highest BCUT2D eigenvalue weighted by molar-refractivity contribution is 5.90. The van der Waals surface area contributed by atoms with E-state index in [1.165, 1.54) is 12.8 Å². The topological polar surface area (TPSA) is 64.3 Å². The van der Waals surface area contributed by atoms with Gasteiger partial charge in [-0.25, -0.2) is 4.98 Å². The van der Waals surface area contributed by atoms with Crippen LogP contribution >= 0.6 is 0 Å². The molecule has 0 radical (unpaired) electrons. The number of nitrogens with zero attached hydrogens (tertiary/aromatic N) is 3. The predicted molar refractivity (Wildman–Crippen MR) is 78.7 cm³/mol. The van der Waals surface area contributed by atoms with Crippen LogP contribution in [-0.2, 0) is 4.74 Å². The number of rotatable bonds is 1. The Morgan fingerprint density at radius 3 is 3.05 bits per heavy atom. The molecule has 1 aromatic carbocycles. The molecule has 2 heterocycles. The van der Waals surface area contributed by atoms with Crippen LogP contribution in [0.25, 0.3) is 10.9 Å². The van der Waals surface area contributed by atoms with Crippen molar-refractivity contribution in [1.29, 1.82) is 0 Å². The molecule has 2 aliphatic rings. The predicted octanol–water partition coefficient (Wildman–Crippen LogP) is 1.97. The molecule has 0 amide bonds. The molecule has 2 unspecified atom stereocenters. The molecule has 2 atom stereocenters. The van der Waals surface area contributed by atoms with Crippen LogP contribution in [0.1, 0.15) is 19.3 Å². The van der Waals surface area contributed by atoms with E-state index in [4.69, 9.17) is 10.5 Å². The van der Waals surface area contributed by atoms with Gasteiger partial charge in [0.05, 0.1) is 24.3 Å². The number of nitrogen functional groups attached to an aromatic ring is 1. The SMILES string of the molecule is Nc1nc(N2CCOC3CCCC32)c2ccccc2n1. The smallest absolute Gasteiger partial charge is 0.222 e. The van der Waals surface area contributed by atoms with Crippen LogP contribution in [-0.4, -0.2) is 35.3 Å². The minimum atomic E-state index is 0.346. The first-order valence-corrected chi connectivity index (χ1v) is 7.23. The quantitative estimate of drug-likeness (QED) is 0.858. The first-order valence-electron chi connectivity index (χ1n) is 7.23. The van der Waals surface area contributed by atoms with E-state index in [9.17, 15) is 0 Å². The summed E-state index contributed by atoms with van der Waals surface area (Å²) in [6.45, 7) is 1.64. The molecule has 1 aromatic heterocycles. The number of anilines is 2. The van der Waals surface area contributed by atoms with Gasteiger partial charge in [0.1, 0.15) is 5.82 Å². The van der Waals surface area contributed by atoms with Crippen LogP contribution in [0.2, 0.25) is 0 Å². The lowest BCUT2D eigenvalue weighted by Gasteiger charge is -2.38. The number of fused-ring (bicyclic) bond motifs is 2. The summed E-state index contributed by atoms with van der Waals surface area (Å²) in [4.78, 5) is 11.2. The molecule has 2 N–H and O–H groups in total. The zero-order chi connectivity index (χ0) is 13.5. The van der Waals surface area contributed by atoms with E-state index in [2.05, 4.69) is 20.9 Å². The van der Waals surface area contributed by atoms with Crippen molar-refractivity contribution in [2.24, 2.45) is 0 Å². The molecule has 2 fully saturated rings. The lowest BCUT2D eigenvalue weighted by molar-refractivity contribution is 0.0254. The van der Waals surface area contributed by atoms with Crippen molar-refractivity contribution in [3.63, 3.8) is 0 Å². The van der Waals surface area contributed by atoms with Crippen LogP contribution in [0.5, 0.6) is 0 Å². The molecule has 0 bridgehead atoms. The molecule has 2 aromatic rings. The van der Waals surface area contributed by atoms with Gasteiger partial charge in [0.2, 0.25) is 5.95 Å². The van der Waals surface area contributed by atoms with Crippen molar-refractivity contribution in [1.82, 2.24) is 9.97 Å². The van der Waals surface area contributed by atoms with Gasteiger partial charge >= 0.3 is 0 Å². The second-order valence-electron chi connectivity index (χ2n) is 5.52. The highest BCUT2D eigenvalue weighted by Gasteiger charge is 2.37. The maximum absolute atomic E-state index is 5.89. The van der Waals surface area contributed by atoms with Crippen molar-refractivity contribution < 1.29 is 4.74 Å². The molecule has 104 valence electrons. The lowest BCUT2D eigenvalue weighted by Crippen LogP contribution is -2.49. The standard InChI is InChI=1S/C15H18N4O/c16-15-17-11-5-2-1-4-10(11)14(18-15)19-8-9-20-13-7-3-6-12(13)19/h1-2,4-5,12-13H,3,6-9H2,(H2,16,17,18). The summed E-state index contributed by atoms with van der Waals surface area (Å²) in [5, 5.41) is 1.08.